The minimum Gasteiger partial charge on any atom is -0.492 e. The molecule has 6 nitrogen and oxygen atoms in total. The molecule has 3 rings (SSSR count). The van der Waals surface area contributed by atoms with E-state index in [1.807, 2.05) is 13.0 Å². The van der Waals surface area contributed by atoms with Crippen LogP contribution in [0.5, 0.6) is 5.75 Å². The second kappa shape index (κ2) is 12.7. The number of ketones is 1. The summed E-state index contributed by atoms with van der Waals surface area (Å²) in [6, 6.07) is 8.48. The van der Waals surface area contributed by atoms with Gasteiger partial charge in [0.1, 0.15) is 5.75 Å². The molecule has 0 amide bonds. The number of halogens is 2. The van der Waals surface area contributed by atoms with Crippen molar-refractivity contribution >= 4 is 49.1 Å². The number of carboxylic acid groups (broad SMARTS) is 1. The molecule has 2 heterocycles. The quantitative estimate of drug-likeness (QED) is 0.170. The summed E-state index contributed by atoms with van der Waals surface area (Å²) in [5.41, 5.74) is 2.74. The number of pyridine rings is 1. The lowest BCUT2D eigenvalue weighted by Gasteiger charge is -2.20. The van der Waals surface area contributed by atoms with Gasteiger partial charge in [0, 0.05) is 22.8 Å². The monoisotopic (exact) mass is 606 g/mol. The number of carbonyl (C=O) groups is 2. The number of benzene rings is 1. The topological polar surface area (TPSA) is 71.2 Å². The first kappa shape index (κ1) is 27.4. The number of rotatable bonds is 13. The van der Waals surface area contributed by atoms with Crippen molar-refractivity contribution < 1.29 is 19.4 Å². The number of aromatic carboxylic acids is 1. The number of aromatic nitrogens is 1. The normalized spacial score (nSPS) is 11.4. The predicted molar refractivity (Wildman–Crippen MR) is 146 cm³/mol. The van der Waals surface area contributed by atoms with Crippen LogP contribution in [0.3, 0.4) is 0 Å². The van der Waals surface area contributed by atoms with Crippen LogP contribution >= 0.6 is 31.9 Å². The molecule has 0 aliphatic heterocycles. The molecule has 2 aromatic heterocycles. The number of carbonyl (C=O) groups excluding carboxylic acids is 1. The molecule has 0 fully saturated rings. The standard InChI is InChI=1S/C27H32Br2N2O4/c1-4-11-30(12-5-2)13-7-15-35-23-9-8-18(16-21(23)28)26(32)25-20(6-3)24(29)22-17-19(27(33)34)10-14-31(22)25/h8-10,14,16-17H,4-7,11-13,15H2,1-3H3,(H,33,34). The average Bonchev–Trinajstić information content (AvgIpc) is 3.13. The molecule has 0 spiro atoms. The van der Waals surface area contributed by atoms with Gasteiger partial charge >= 0.3 is 5.97 Å². The van der Waals surface area contributed by atoms with E-state index >= 15 is 0 Å². The molecule has 1 N–H and O–H groups in total. The van der Waals surface area contributed by atoms with Crippen LogP contribution in [0.4, 0.5) is 0 Å². The summed E-state index contributed by atoms with van der Waals surface area (Å²) < 4.78 is 9.22. The molecule has 0 saturated heterocycles. The van der Waals surface area contributed by atoms with E-state index < -0.39 is 5.97 Å². The Morgan fingerprint density at radius 2 is 1.71 bits per heavy atom. The second-order valence-corrected chi connectivity index (χ2v) is 10.1. The first-order valence-corrected chi connectivity index (χ1v) is 13.7. The molecule has 8 heteroatoms. The Labute approximate surface area is 223 Å². The van der Waals surface area contributed by atoms with Crippen LogP contribution in [0, 0.1) is 0 Å². The Morgan fingerprint density at radius 1 is 1.00 bits per heavy atom. The molecule has 1 aromatic carbocycles. The molecule has 188 valence electrons. The van der Waals surface area contributed by atoms with Crippen LogP contribution in [-0.2, 0) is 6.42 Å². The SMILES string of the molecule is CCCN(CCC)CCCOc1ccc(C(=O)c2c(CC)c(Br)c3cc(C(=O)O)ccn23)cc1Br. The number of hydrogen-bond donors (Lipinski definition) is 1. The van der Waals surface area contributed by atoms with E-state index in [1.54, 1.807) is 28.8 Å². The average molecular weight is 608 g/mol. The van der Waals surface area contributed by atoms with Crippen LogP contribution in [0.1, 0.15) is 72.0 Å². The number of nitrogens with zero attached hydrogens (tertiary/aromatic N) is 2. The maximum absolute atomic E-state index is 13.6. The molecule has 0 unspecified atom stereocenters. The van der Waals surface area contributed by atoms with E-state index in [0.29, 0.717) is 35.6 Å². The Hall–Kier alpha value is -2.16. The fraction of sp³-hybridized carbons (Fsp3) is 0.407. The molecule has 0 bridgehead atoms. The third kappa shape index (κ3) is 6.35. The molecular weight excluding hydrogens is 576 g/mol. The summed E-state index contributed by atoms with van der Waals surface area (Å²) in [6.07, 6.45) is 5.51. The Kier molecular flexibility index (Phi) is 9.95. The highest BCUT2D eigenvalue weighted by Gasteiger charge is 2.23. The van der Waals surface area contributed by atoms with Gasteiger partial charge in [-0.1, -0.05) is 20.8 Å². The summed E-state index contributed by atoms with van der Waals surface area (Å²) in [7, 11) is 0. The molecule has 0 saturated carbocycles. The van der Waals surface area contributed by atoms with Crippen molar-refractivity contribution in [2.45, 2.75) is 46.5 Å². The zero-order valence-corrected chi connectivity index (χ0v) is 23.6. The number of hydrogen-bond acceptors (Lipinski definition) is 4. The molecule has 35 heavy (non-hydrogen) atoms. The van der Waals surface area contributed by atoms with Crippen molar-refractivity contribution in [2.75, 3.05) is 26.2 Å². The first-order valence-electron chi connectivity index (χ1n) is 12.1. The van der Waals surface area contributed by atoms with Gasteiger partial charge in [-0.3, -0.25) is 4.79 Å². The van der Waals surface area contributed by atoms with Gasteiger partial charge in [0.25, 0.3) is 0 Å². The zero-order valence-electron chi connectivity index (χ0n) is 20.4. The maximum Gasteiger partial charge on any atom is 0.335 e. The van der Waals surface area contributed by atoms with E-state index in [9.17, 15) is 14.7 Å². The largest absolute Gasteiger partial charge is 0.492 e. The van der Waals surface area contributed by atoms with E-state index in [1.165, 1.54) is 6.07 Å². The van der Waals surface area contributed by atoms with Crippen molar-refractivity contribution in [1.29, 1.82) is 0 Å². The molecule has 3 aromatic rings. The van der Waals surface area contributed by atoms with Crippen molar-refractivity contribution in [3.8, 4) is 5.75 Å². The molecular formula is C27H32Br2N2O4. The lowest BCUT2D eigenvalue weighted by atomic mass is 10.0. The third-order valence-electron chi connectivity index (χ3n) is 5.94. The van der Waals surface area contributed by atoms with E-state index in [-0.39, 0.29) is 11.3 Å². The zero-order chi connectivity index (χ0) is 25.5. The van der Waals surface area contributed by atoms with Gasteiger partial charge in [-0.2, -0.15) is 0 Å². The van der Waals surface area contributed by atoms with Crippen molar-refractivity contribution in [3.05, 3.63) is 67.9 Å². The molecule has 0 radical (unpaired) electrons. The summed E-state index contributed by atoms with van der Waals surface area (Å²) in [5, 5.41) is 9.35. The maximum atomic E-state index is 13.6. The van der Waals surface area contributed by atoms with Gasteiger partial charge in [-0.05, 0) is 107 Å². The Balaban J connectivity index is 1.78. The van der Waals surface area contributed by atoms with Crippen molar-refractivity contribution in [1.82, 2.24) is 9.30 Å². The first-order chi connectivity index (χ1) is 16.8. The summed E-state index contributed by atoms with van der Waals surface area (Å²) >= 11 is 7.14. The lowest BCUT2D eigenvalue weighted by Crippen LogP contribution is -2.27. The highest BCUT2D eigenvalue weighted by atomic mass is 79.9. The van der Waals surface area contributed by atoms with E-state index in [0.717, 1.165) is 53.4 Å². The predicted octanol–water partition coefficient (Wildman–Crippen LogP) is 6.85. The van der Waals surface area contributed by atoms with Crippen LogP contribution < -0.4 is 4.74 Å². The van der Waals surface area contributed by atoms with Gasteiger partial charge < -0.3 is 19.1 Å². The number of fused-ring (bicyclic) bond motifs is 1. The highest BCUT2D eigenvalue weighted by Crippen LogP contribution is 2.33. The van der Waals surface area contributed by atoms with Gasteiger partial charge in [-0.15, -0.1) is 0 Å². The third-order valence-corrected chi connectivity index (χ3v) is 7.44. The summed E-state index contributed by atoms with van der Waals surface area (Å²) in [4.78, 5) is 27.4. The fourth-order valence-corrected chi connectivity index (χ4v) is 5.57. The van der Waals surface area contributed by atoms with E-state index in [2.05, 4.69) is 50.6 Å². The van der Waals surface area contributed by atoms with Crippen molar-refractivity contribution in [3.63, 3.8) is 0 Å². The van der Waals surface area contributed by atoms with Gasteiger partial charge in [0.05, 0.1) is 27.9 Å². The van der Waals surface area contributed by atoms with Gasteiger partial charge in [0.2, 0.25) is 5.78 Å². The molecule has 0 aliphatic carbocycles. The van der Waals surface area contributed by atoms with Gasteiger partial charge in [-0.25, -0.2) is 4.79 Å². The highest BCUT2D eigenvalue weighted by molar-refractivity contribution is 9.11. The van der Waals surface area contributed by atoms with Crippen LogP contribution in [0.2, 0.25) is 0 Å². The summed E-state index contributed by atoms with van der Waals surface area (Å²) in [6.45, 7) is 10.2. The van der Waals surface area contributed by atoms with Crippen molar-refractivity contribution in [2.24, 2.45) is 0 Å². The smallest absolute Gasteiger partial charge is 0.335 e. The van der Waals surface area contributed by atoms with Crippen LogP contribution in [0.15, 0.2) is 45.5 Å². The number of carboxylic acids is 1. The minimum atomic E-state index is -1.01. The lowest BCUT2D eigenvalue weighted by molar-refractivity contribution is 0.0696. The van der Waals surface area contributed by atoms with Crippen LogP contribution in [0.25, 0.3) is 5.52 Å². The van der Waals surface area contributed by atoms with Gasteiger partial charge in [0.15, 0.2) is 0 Å². The Bertz CT molecular complexity index is 1200. The Morgan fingerprint density at radius 3 is 2.31 bits per heavy atom. The minimum absolute atomic E-state index is 0.132. The molecule has 0 aliphatic rings. The summed E-state index contributed by atoms with van der Waals surface area (Å²) in [5.74, 6) is -0.427. The number of ether oxygens (including phenoxy) is 1. The fourth-order valence-electron chi connectivity index (χ4n) is 4.30. The molecule has 0 atom stereocenters. The van der Waals surface area contributed by atoms with Crippen LogP contribution in [-0.4, -0.2) is 52.4 Å². The second-order valence-electron chi connectivity index (χ2n) is 8.49. The van der Waals surface area contributed by atoms with E-state index in [4.69, 9.17) is 4.74 Å².